The zero-order valence-electron chi connectivity index (χ0n) is 12.9. The van der Waals surface area contributed by atoms with Gasteiger partial charge in [-0.3, -0.25) is 4.79 Å². The van der Waals surface area contributed by atoms with Crippen molar-refractivity contribution in [2.45, 2.75) is 6.42 Å². The maximum atomic E-state index is 13.8. The number of rotatable bonds is 6. The lowest BCUT2D eigenvalue weighted by Gasteiger charge is -2.14. The number of carbonyl (C=O) groups is 1. The summed E-state index contributed by atoms with van der Waals surface area (Å²) in [6, 6.07) is 9.92. The summed E-state index contributed by atoms with van der Waals surface area (Å²) in [6.45, 7) is 0.318. The van der Waals surface area contributed by atoms with E-state index in [4.69, 9.17) is 0 Å². The number of aliphatic hydroxyl groups excluding tert-OH is 1. The highest BCUT2D eigenvalue weighted by molar-refractivity contribution is 7.07. The van der Waals surface area contributed by atoms with Gasteiger partial charge in [0.15, 0.2) is 0 Å². The molecule has 24 heavy (non-hydrogen) atoms. The summed E-state index contributed by atoms with van der Waals surface area (Å²) in [5.41, 5.74) is 1.49. The standard InChI is InChI=1S/C18H17FN2O2S/c19-15-3-1-2-14-4-5-16(21-17(14)15)18(23)20-9-13(10-22)8-12-6-7-24-11-12/h1-7,11,13,22H,8-10H2,(H,20,23)/t13-/m0/s1. The summed E-state index contributed by atoms with van der Waals surface area (Å²) in [4.78, 5) is 16.4. The first-order chi connectivity index (χ1) is 11.7. The Hall–Kier alpha value is -2.31. The van der Waals surface area contributed by atoms with Gasteiger partial charge < -0.3 is 10.4 Å². The number of halogens is 1. The third-order valence-corrected chi connectivity index (χ3v) is 4.55. The first kappa shape index (κ1) is 16.5. The van der Waals surface area contributed by atoms with Crippen molar-refractivity contribution in [3.05, 3.63) is 64.2 Å². The monoisotopic (exact) mass is 344 g/mol. The third-order valence-electron chi connectivity index (χ3n) is 3.82. The smallest absolute Gasteiger partial charge is 0.269 e. The summed E-state index contributed by atoms with van der Waals surface area (Å²) in [5.74, 6) is -0.891. The number of aromatic nitrogens is 1. The highest BCUT2D eigenvalue weighted by Crippen LogP contribution is 2.16. The zero-order chi connectivity index (χ0) is 16.9. The van der Waals surface area contributed by atoms with Gasteiger partial charge in [0.1, 0.15) is 17.0 Å². The van der Waals surface area contributed by atoms with Crippen molar-refractivity contribution in [1.82, 2.24) is 10.3 Å². The average Bonchev–Trinajstić information content (AvgIpc) is 3.11. The van der Waals surface area contributed by atoms with Gasteiger partial charge in [0.2, 0.25) is 0 Å². The lowest BCUT2D eigenvalue weighted by molar-refractivity contribution is 0.0935. The number of para-hydroxylation sites is 1. The van der Waals surface area contributed by atoms with E-state index in [9.17, 15) is 14.3 Å². The SMILES string of the molecule is O=C(NC[C@@H](CO)Cc1ccsc1)c1ccc2cccc(F)c2n1. The fourth-order valence-corrected chi connectivity index (χ4v) is 3.19. The van der Waals surface area contributed by atoms with Crippen LogP contribution in [0.3, 0.4) is 0 Å². The van der Waals surface area contributed by atoms with Crippen molar-refractivity contribution >= 4 is 28.1 Å². The van der Waals surface area contributed by atoms with Crippen LogP contribution in [0.5, 0.6) is 0 Å². The van der Waals surface area contributed by atoms with Gasteiger partial charge in [-0.1, -0.05) is 18.2 Å². The Morgan fingerprint density at radius 1 is 1.29 bits per heavy atom. The van der Waals surface area contributed by atoms with E-state index in [2.05, 4.69) is 10.3 Å². The molecule has 3 rings (SSSR count). The molecule has 0 unspecified atom stereocenters. The quantitative estimate of drug-likeness (QED) is 0.722. The van der Waals surface area contributed by atoms with Crippen LogP contribution in [0.4, 0.5) is 4.39 Å². The molecular weight excluding hydrogens is 327 g/mol. The van der Waals surface area contributed by atoms with Crippen LogP contribution >= 0.6 is 11.3 Å². The number of amides is 1. The van der Waals surface area contributed by atoms with Crippen molar-refractivity contribution in [3.63, 3.8) is 0 Å². The number of nitrogens with zero attached hydrogens (tertiary/aromatic N) is 1. The summed E-state index contributed by atoms with van der Waals surface area (Å²) in [6.07, 6.45) is 0.695. The van der Waals surface area contributed by atoms with E-state index >= 15 is 0 Å². The van der Waals surface area contributed by atoms with Crippen LogP contribution in [0.1, 0.15) is 16.1 Å². The molecule has 0 fully saturated rings. The minimum Gasteiger partial charge on any atom is -0.396 e. The van der Waals surface area contributed by atoms with Gasteiger partial charge in [0, 0.05) is 24.5 Å². The number of aliphatic hydroxyl groups is 1. The molecule has 0 bridgehead atoms. The van der Waals surface area contributed by atoms with E-state index in [1.807, 2.05) is 16.8 Å². The lowest BCUT2D eigenvalue weighted by atomic mass is 10.0. The van der Waals surface area contributed by atoms with E-state index in [-0.39, 0.29) is 29.6 Å². The molecule has 124 valence electrons. The second kappa shape index (κ2) is 7.51. The van der Waals surface area contributed by atoms with Gasteiger partial charge in [0.05, 0.1) is 0 Å². The topological polar surface area (TPSA) is 62.2 Å². The fourth-order valence-electron chi connectivity index (χ4n) is 2.51. The van der Waals surface area contributed by atoms with Crippen LogP contribution in [-0.4, -0.2) is 29.1 Å². The van der Waals surface area contributed by atoms with Gasteiger partial charge in [-0.05, 0) is 40.9 Å². The number of carbonyl (C=O) groups excluding carboxylic acids is 1. The molecule has 0 aliphatic rings. The van der Waals surface area contributed by atoms with E-state index in [1.165, 1.54) is 6.07 Å². The van der Waals surface area contributed by atoms with Gasteiger partial charge in [-0.15, -0.1) is 0 Å². The molecule has 0 saturated carbocycles. The maximum Gasteiger partial charge on any atom is 0.269 e. The molecule has 2 heterocycles. The van der Waals surface area contributed by atoms with Crippen LogP contribution < -0.4 is 5.32 Å². The van der Waals surface area contributed by atoms with Crippen LogP contribution in [0.15, 0.2) is 47.2 Å². The largest absolute Gasteiger partial charge is 0.396 e. The van der Waals surface area contributed by atoms with Crippen molar-refractivity contribution < 1.29 is 14.3 Å². The lowest BCUT2D eigenvalue weighted by Crippen LogP contribution is -2.32. The minimum absolute atomic E-state index is 0.0180. The fraction of sp³-hybridized carbons (Fsp3) is 0.222. The molecule has 0 spiro atoms. The second-order valence-corrected chi connectivity index (χ2v) is 6.38. The number of nitrogens with one attached hydrogen (secondary N) is 1. The predicted octanol–water partition coefficient (Wildman–Crippen LogP) is 3.02. The van der Waals surface area contributed by atoms with Crippen LogP contribution in [0.2, 0.25) is 0 Å². The summed E-state index contributed by atoms with van der Waals surface area (Å²) in [7, 11) is 0. The number of benzene rings is 1. The van der Waals surface area contributed by atoms with Crippen LogP contribution in [0, 0.1) is 11.7 Å². The Morgan fingerprint density at radius 2 is 2.17 bits per heavy atom. The maximum absolute atomic E-state index is 13.8. The molecular formula is C18H17FN2O2S. The van der Waals surface area contributed by atoms with Gasteiger partial charge >= 0.3 is 0 Å². The van der Waals surface area contributed by atoms with Gasteiger partial charge in [0.25, 0.3) is 5.91 Å². The van der Waals surface area contributed by atoms with E-state index in [1.54, 1.807) is 35.6 Å². The summed E-state index contributed by atoms with van der Waals surface area (Å²) >= 11 is 1.60. The van der Waals surface area contributed by atoms with E-state index in [0.717, 1.165) is 5.56 Å². The highest BCUT2D eigenvalue weighted by Gasteiger charge is 2.14. The number of thiophene rings is 1. The Bertz CT molecular complexity index is 836. The Morgan fingerprint density at radius 3 is 2.92 bits per heavy atom. The molecule has 0 radical (unpaired) electrons. The number of fused-ring (bicyclic) bond motifs is 1. The van der Waals surface area contributed by atoms with Crippen molar-refractivity contribution in [1.29, 1.82) is 0 Å². The summed E-state index contributed by atoms with van der Waals surface area (Å²) < 4.78 is 13.8. The van der Waals surface area contributed by atoms with Crippen molar-refractivity contribution in [2.75, 3.05) is 13.2 Å². The Kier molecular flexibility index (Phi) is 5.17. The first-order valence-corrected chi connectivity index (χ1v) is 8.57. The molecule has 6 heteroatoms. The molecule has 0 aliphatic carbocycles. The molecule has 1 aromatic carbocycles. The van der Waals surface area contributed by atoms with E-state index < -0.39 is 5.82 Å². The van der Waals surface area contributed by atoms with E-state index in [0.29, 0.717) is 18.4 Å². The zero-order valence-corrected chi connectivity index (χ0v) is 13.7. The van der Waals surface area contributed by atoms with Crippen molar-refractivity contribution in [2.24, 2.45) is 5.92 Å². The molecule has 3 aromatic rings. The predicted molar refractivity (Wildman–Crippen MR) is 92.6 cm³/mol. The average molecular weight is 344 g/mol. The molecule has 2 aromatic heterocycles. The normalized spacial score (nSPS) is 12.2. The second-order valence-electron chi connectivity index (χ2n) is 5.60. The summed E-state index contributed by atoms with van der Waals surface area (Å²) in [5, 5.41) is 16.9. The first-order valence-electron chi connectivity index (χ1n) is 7.63. The number of hydrogen-bond donors (Lipinski definition) is 2. The molecule has 2 N–H and O–H groups in total. The molecule has 0 saturated heterocycles. The molecule has 1 atom stereocenters. The third kappa shape index (κ3) is 3.77. The molecule has 4 nitrogen and oxygen atoms in total. The van der Waals surface area contributed by atoms with Gasteiger partial charge in [-0.25, -0.2) is 9.37 Å². The molecule has 1 amide bonds. The Balaban J connectivity index is 1.67. The van der Waals surface area contributed by atoms with Crippen LogP contribution in [0.25, 0.3) is 10.9 Å². The van der Waals surface area contributed by atoms with Gasteiger partial charge in [-0.2, -0.15) is 11.3 Å². The van der Waals surface area contributed by atoms with Crippen molar-refractivity contribution in [3.8, 4) is 0 Å². The minimum atomic E-state index is -0.451. The number of pyridine rings is 1. The Labute approximate surface area is 143 Å². The van der Waals surface area contributed by atoms with Crippen LogP contribution in [-0.2, 0) is 6.42 Å². The molecule has 0 aliphatic heterocycles. The number of hydrogen-bond acceptors (Lipinski definition) is 4. The highest BCUT2D eigenvalue weighted by atomic mass is 32.1.